The lowest BCUT2D eigenvalue weighted by atomic mass is 10.1. The van der Waals surface area contributed by atoms with Gasteiger partial charge in [0.1, 0.15) is 17.2 Å². The Morgan fingerprint density at radius 1 is 1.55 bits per heavy atom. The van der Waals surface area contributed by atoms with Crippen LogP contribution in [0.25, 0.3) is 0 Å². The number of carbonyl (C=O) groups is 1. The van der Waals surface area contributed by atoms with Gasteiger partial charge >= 0.3 is 0 Å². The van der Waals surface area contributed by atoms with Crippen LogP contribution in [0.4, 0.5) is 10.1 Å². The van der Waals surface area contributed by atoms with Crippen LogP contribution in [0.5, 0.6) is 0 Å². The molecule has 8 heteroatoms. The number of nitro groups is 1. The Balaban J connectivity index is 2.26. The average molecular weight is 278 g/mol. The molecule has 1 heterocycles. The van der Waals surface area contributed by atoms with Crippen LogP contribution in [0.3, 0.4) is 0 Å². The maximum atomic E-state index is 13.0. The van der Waals surface area contributed by atoms with Crippen LogP contribution >= 0.6 is 0 Å². The maximum Gasteiger partial charge on any atom is 0.285 e. The minimum Gasteiger partial charge on any atom is -0.347 e. The lowest BCUT2D eigenvalue weighted by Crippen LogP contribution is -2.27. The first-order valence-electron chi connectivity index (χ1n) is 5.66. The fourth-order valence-electron chi connectivity index (χ4n) is 1.72. The molecule has 1 amide bonds. The summed E-state index contributed by atoms with van der Waals surface area (Å²) >= 11 is 0. The highest BCUT2D eigenvalue weighted by atomic mass is 19.1. The van der Waals surface area contributed by atoms with E-state index in [9.17, 15) is 19.3 Å². The third kappa shape index (κ3) is 2.79. The van der Waals surface area contributed by atoms with Crippen LogP contribution in [-0.2, 0) is 6.54 Å². The number of nitrogens with one attached hydrogen (secondary N) is 1. The van der Waals surface area contributed by atoms with Gasteiger partial charge < -0.3 is 9.88 Å². The minimum atomic E-state index is -0.781. The largest absolute Gasteiger partial charge is 0.347 e. The van der Waals surface area contributed by atoms with Crippen molar-refractivity contribution >= 4 is 11.6 Å². The summed E-state index contributed by atoms with van der Waals surface area (Å²) in [5, 5.41) is 10.9. The van der Waals surface area contributed by atoms with Crippen molar-refractivity contribution in [1.29, 1.82) is 0 Å². The number of halogens is 1. The number of amides is 1. The van der Waals surface area contributed by atoms with Crippen molar-refractivity contribution in [2.75, 3.05) is 7.05 Å². The topological polar surface area (TPSA) is 92.1 Å². The van der Waals surface area contributed by atoms with Crippen molar-refractivity contribution in [3.63, 3.8) is 0 Å². The molecule has 0 spiro atoms. The molecule has 0 aliphatic carbocycles. The molecule has 1 aromatic carbocycles. The first-order chi connectivity index (χ1) is 9.49. The van der Waals surface area contributed by atoms with E-state index in [1.807, 2.05) is 0 Å². The number of aromatic amines is 1. The molecule has 2 aromatic rings. The molecule has 7 nitrogen and oxygen atoms in total. The Labute approximate surface area is 113 Å². The van der Waals surface area contributed by atoms with Gasteiger partial charge in [-0.15, -0.1) is 0 Å². The molecular formula is C12H11FN4O3. The SMILES string of the molecule is CN(Cc1ncc[nH]1)C(=O)c1ccc(F)cc1[N+](=O)[O-]. The molecule has 1 N–H and O–H groups in total. The van der Waals surface area contributed by atoms with Crippen LogP contribution in [0.15, 0.2) is 30.6 Å². The van der Waals surface area contributed by atoms with Crippen molar-refractivity contribution in [3.8, 4) is 0 Å². The Kier molecular flexibility index (Phi) is 3.74. The Hall–Kier alpha value is -2.77. The number of H-pyrrole nitrogens is 1. The van der Waals surface area contributed by atoms with E-state index in [2.05, 4.69) is 9.97 Å². The van der Waals surface area contributed by atoms with Crippen molar-refractivity contribution < 1.29 is 14.1 Å². The summed E-state index contributed by atoms with van der Waals surface area (Å²) in [6, 6.07) is 2.85. The zero-order valence-electron chi connectivity index (χ0n) is 10.5. The van der Waals surface area contributed by atoms with Gasteiger partial charge in [0, 0.05) is 19.4 Å². The monoisotopic (exact) mass is 278 g/mol. The molecule has 0 bridgehead atoms. The van der Waals surface area contributed by atoms with E-state index in [0.29, 0.717) is 5.82 Å². The highest BCUT2D eigenvalue weighted by molar-refractivity contribution is 5.97. The van der Waals surface area contributed by atoms with Crippen molar-refractivity contribution in [2.24, 2.45) is 0 Å². The van der Waals surface area contributed by atoms with Crippen LogP contribution in [0, 0.1) is 15.9 Å². The van der Waals surface area contributed by atoms with Gasteiger partial charge in [0.05, 0.1) is 17.5 Å². The van der Waals surface area contributed by atoms with E-state index >= 15 is 0 Å². The first-order valence-corrected chi connectivity index (χ1v) is 5.66. The number of aromatic nitrogens is 2. The third-order valence-corrected chi connectivity index (χ3v) is 2.68. The molecule has 0 atom stereocenters. The lowest BCUT2D eigenvalue weighted by molar-refractivity contribution is -0.385. The van der Waals surface area contributed by atoms with E-state index in [1.165, 1.54) is 18.1 Å². The van der Waals surface area contributed by atoms with Crippen molar-refractivity contribution in [1.82, 2.24) is 14.9 Å². The zero-order valence-corrected chi connectivity index (χ0v) is 10.5. The number of hydrogen-bond acceptors (Lipinski definition) is 4. The second kappa shape index (κ2) is 5.47. The second-order valence-corrected chi connectivity index (χ2v) is 4.12. The molecule has 0 fully saturated rings. The molecule has 0 radical (unpaired) electrons. The van der Waals surface area contributed by atoms with Gasteiger partial charge in [0.15, 0.2) is 0 Å². The highest BCUT2D eigenvalue weighted by Gasteiger charge is 2.23. The summed E-state index contributed by atoms with van der Waals surface area (Å²) < 4.78 is 13.0. The smallest absolute Gasteiger partial charge is 0.285 e. The van der Waals surface area contributed by atoms with Gasteiger partial charge in [-0.3, -0.25) is 14.9 Å². The van der Waals surface area contributed by atoms with Gasteiger partial charge in [-0.1, -0.05) is 0 Å². The molecule has 104 valence electrons. The van der Waals surface area contributed by atoms with Crippen molar-refractivity contribution in [3.05, 3.63) is 57.9 Å². The molecule has 0 saturated heterocycles. The summed E-state index contributed by atoms with van der Waals surface area (Å²) in [5.41, 5.74) is -0.716. The quantitative estimate of drug-likeness (QED) is 0.681. The fourth-order valence-corrected chi connectivity index (χ4v) is 1.72. The number of carbonyl (C=O) groups excluding carboxylic acids is 1. The molecule has 0 unspecified atom stereocenters. The number of benzene rings is 1. The molecule has 1 aromatic heterocycles. The summed E-state index contributed by atoms with van der Waals surface area (Å²) in [4.78, 5) is 30.3. The Bertz CT molecular complexity index is 642. The minimum absolute atomic E-state index is 0.162. The number of imidazole rings is 1. The molecule has 0 aliphatic rings. The number of rotatable bonds is 4. The van der Waals surface area contributed by atoms with Gasteiger partial charge in [-0.05, 0) is 12.1 Å². The number of nitro benzene ring substituents is 1. The van der Waals surface area contributed by atoms with E-state index in [1.54, 1.807) is 6.20 Å². The molecule has 0 aliphatic heterocycles. The zero-order chi connectivity index (χ0) is 14.7. The molecule has 2 rings (SSSR count). The van der Waals surface area contributed by atoms with E-state index in [-0.39, 0.29) is 12.1 Å². The van der Waals surface area contributed by atoms with E-state index in [4.69, 9.17) is 0 Å². The fraction of sp³-hybridized carbons (Fsp3) is 0.167. The Morgan fingerprint density at radius 2 is 2.30 bits per heavy atom. The Morgan fingerprint density at radius 3 is 2.90 bits per heavy atom. The first kappa shape index (κ1) is 13.7. The maximum absolute atomic E-state index is 13.0. The van der Waals surface area contributed by atoms with Crippen LogP contribution < -0.4 is 0 Å². The lowest BCUT2D eigenvalue weighted by Gasteiger charge is -2.15. The number of nitrogens with zero attached hydrogens (tertiary/aromatic N) is 3. The summed E-state index contributed by atoms with van der Waals surface area (Å²) in [6.07, 6.45) is 3.14. The van der Waals surface area contributed by atoms with Gasteiger partial charge in [-0.2, -0.15) is 0 Å². The van der Waals surface area contributed by atoms with Crippen LogP contribution in [0.1, 0.15) is 16.2 Å². The average Bonchev–Trinajstić information content (AvgIpc) is 2.90. The third-order valence-electron chi connectivity index (χ3n) is 2.68. The van der Waals surface area contributed by atoms with Crippen LogP contribution in [0.2, 0.25) is 0 Å². The molecule has 0 saturated carbocycles. The van der Waals surface area contributed by atoms with Crippen LogP contribution in [-0.4, -0.2) is 32.7 Å². The van der Waals surface area contributed by atoms with Crippen molar-refractivity contribution in [2.45, 2.75) is 6.54 Å². The molecule has 20 heavy (non-hydrogen) atoms. The van der Waals surface area contributed by atoms with Gasteiger partial charge in [0.2, 0.25) is 0 Å². The molecular weight excluding hydrogens is 267 g/mol. The summed E-state index contributed by atoms with van der Waals surface area (Å²) in [7, 11) is 1.48. The van der Waals surface area contributed by atoms with Gasteiger partial charge in [0.25, 0.3) is 11.6 Å². The van der Waals surface area contributed by atoms with E-state index < -0.39 is 22.3 Å². The normalized spacial score (nSPS) is 10.3. The van der Waals surface area contributed by atoms with E-state index in [0.717, 1.165) is 18.2 Å². The summed E-state index contributed by atoms with van der Waals surface area (Å²) in [6.45, 7) is 0.167. The highest BCUT2D eigenvalue weighted by Crippen LogP contribution is 2.21. The second-order valence-electron chi connectivity index (χ2n) is 4.12. The number of hydrogen-bond donors (Lipinski definition) is 1. The predicted molar refractivity (Wildman–Crippen MR) is 67.4 cm³/mol. The predicted octanol–water partition coefficient (Wildman–Crippen LogP) is 1.73. The van der Waals surface area contributed by atoms with Gasteiger partial charge in [-0.25, -0.2) is 9.37 Å². The standard InChI is InChI=1S/C12H11FN4O3/c1-16(7-11-14-4-5-15-11)12(18)9-3-2-8(13)6-10(9)17(19)20/h2-6H,7H2,1H3,(H,14,15). The summed E-state index contributed by atoms with van der Waals surface area (Å²) in [5.74, 6) is -0.791.